The second-order valence-corrected chi connectivity index (χ2v) is 4.07. The molecule has 3 aromatic heterocycles. The van der Waals surface area contributed by atoms with Gasteiger partial charge in [0.1, 0.15) is 11.8 Å². The summed E-state index contributed by atoms with van der Waals surface area (Å²) in [6.07, 6.45) is 1.71. The molecule has 0 aliphatic carbocycles. The lowest BCUT2D eigenvalue weighted by atomic mass is 10.3. The number of rotatable bonds is 3. The molecule has 0 atom stereocenters. The van der Waals surface area contributed by atoms with Crippen molar-refractivity contribution in [3.05, 3.63) is 36.5 Å². The molecule has 0 bridgehead atoms. The Morgan fingerprint density at radius 3 is 2.90 bits per heavy atom. The molecule has 0 radical (unpaired) electrons. The van der Waals surface area contributed by atoms with E-state index in [-0.39, 0.29) is 5.69 Å². The van der Waals surface area contributed by atoms with Crippen LogP contribution in [0.1, 0.15) is 5.69 Å². The van der Waals surface area contributed by atoms with Gasteiger partial charge in [-0.2, -0.15) is 10.4 Å². The lowest BCUT2D eigenvalue weighted by Gasteiger charge is -2.07. The first-order valence-electron chi connectivity index (χ1n) is 5.72. The van der Waals surface area contributed by atoms with Crippen LogP contribution >= 0.6 is 0 Å². The molecule has 100 valence electrons. The van der Waals surface area contributed by atoms with Crippen molar-refractivity contribution in [3.63, 3.8) is 0 Å². The average Bonchev–Trinajstić information content (AvgIpc) is 3.03. The Labute approximate surface area is 111 Å². The van der Waals surface area contributed by atoms with E-state index in [0.717, 1.165) is 0 Å². The van der Waals surface area contributed by atoms with Crippen molar-refractivity contribution in [2.45, 2.75) is 13.0 Å². The Balaban J connectivity index is 2.11. The zero-order valence-electron chi connectivity index (χ0n) is 10.1. The number of hydrogen-bond donors (Lipinski definition) is 0. The van der Waals surface area contributed by atoms with Crippen LogP contribution in [0, 0.1) is 11.3 Å². The first-order valence-corrected chi connectivity index (χ1v) is 5.72. The van der Waals surface area contributed by atoms with Crippen molar-refractivity contribution in [2.75, 3.05) is 0 Å². The van der Waals surface area contributed by atoms with Gasteiger partial charge in [0.25, 0.3) is 6.43 Å². The van der Waals surface area contributed by atoms with Gasteiger partial charge in [0, 0.05) is 0 Å². The highest BCUT2D eigenvalue weighted by molar-refractivity contribution is 5.56. The van der Waals surface area contributed by atoms with Gasteiger partial charge in [-0.25, -0.2) is 23.3 Å². The van der Waals surface area contributed by atoms with E-state index in [1.165, 1.54) is 27.8 Å². The number of imidazole rings is 2. The second-order valence-electron chi connectivity index (χ2n) is 4.07. The van der Waals surface area contributed by atoms with E-state index in [1.54, 1.807) is 12.1 Å². The molecule has 6 nitrogen and oxygen atoms in total. The molecular formula is C12H8F2N6. The maximum atomic E-state index is 12.5. The van der Waals surface area contributed by atoms with Crippen molar-refractivity contribution in [1.82, 2.24) is 24.1 Å². The van der Waals surface area contributed by atoms with Gasteiger partial charge in [0.2, 0.25) is 0 Å². The van der Waals surface area contributed by atoms with Gasteiger partial charge in [-0.1, -0.05) is 0 Å². The molecule has 20 heavy (non-hydrogen) atoms. The van der Waals surface area contributed by atoms with Gasteiger partial charge in [-0.05, 0) is 12.1 Å². The van der Waals surface area contributed by atoms with Crippen molar-refractivity contribution < 1.29 is 8.78 Å². The third-order valence-electron chi connectivity index (χ3n) is 2.79. The van der Waals surface area contributed by atoms with E-state index in [9.17, 15) is 8.78 Å². The van der Waals surface area contributed by atoms with Gasteiger partial charge in [0.05, 0.1) is 31.0 Å². The molecule has 0 saturated heterocycles. The summed E-state index contributed by atoms with van der Waals surface area (Å²) in [7, 11) is 0. The van der Waals surface area contributed by atoms with Crippen LogP contribution < -0.4 is 0 Å². The van der Waals surface area contributed by atoms with E-state index in [4.69, 9.17) is 5.26 Å². The van der Waals surface area contributed by atoms with E-state index in [0.29, 0.717) is 17.0 Å². The maximum Gasteiger partial charge on any atom is 0.256 e. The van der Waals surface area contributed by atoms with Crippen LogP contribution in [0.15, 0.2) is 30.9 Å². The lowest BCUT2D eigenvalue weighted by molar-refractivity contribution is 0.127. The van der Waals surface area contributed by atoms with Gasteiger partial charge in [-0.3, -0.25) is 0 Å². The molecule has 0 spiro atoms. The van der Waals surface area contributed by atoms with Gasteiger partial charge in [-0.15, -0.1) is 0 Å². The zero-order chi connectivity index (χ0) is 14.1. The van der Waals surface area contributed by atoms with Crippen molar-refractivity contribution in [3.8, 4) is 17.5 Å². The molecule has 3 heterocycles. The molecule has 0 aliphatic rings. The third-order valence-corrected chi connectivity index (χ3v) is 2.79. The molecule has 0 aliphatic heterocycles. The Hall–Kier alpha value is -2.82. The minimum Gasteiger partial charge on any atom is -0.324 e. The van der Waals surface area contributed by atoms with Gasteiger partial charge < -0.3 is 4.57 Å². The fourth-order valence-electron chi connectivity index (χ4n) is 1.91. The van der Waals surface area contributed by atoms with Gasteiger partial charge in [0.15, 0.2) is 11.3 Å². The number of halogens is 2. The third kappa shape index (κ3) is 1.99. The molecule has 0 unspecified atom stereocenters. The Bertz CT molecular complexity index is 798. The SMILES string of the molecule is N#Cc1cnc2ccc(-c3cncn3CC(F)F)nn12. The van der Waals surface area contributed by atoms with Crippen molar-refractivity contribution in [2.24, 2.45) is 0 Å². The molecule has 0 amide bonds. The Morgan fingerprint density at radius 2 is 2.15 bits per heavy atom. The molecular weight excluding hydrogens is 266 g/mol. The number of hydrogen-bond acceptors (Lipinski definition) is 4. The number of nitrogens with zero attached hydrogens (tertiary/aromatic N) is 6. The Morgan fingerprint density at radius 1 is 1.30 bits per heavy atom. The van der Waals surface area contributed by atoms with Crippen molar-refractivity contribution in [1.29, 1.82) is 5.26 Å². The molecule has 3 aromatic rings. The first kappa shape index (κ1) is 12.2. The van der Waals surface area contributed by atoms with Crippen LogP contribution in [0.3, 0.4) is 0 Å². The minimum atomic E-state index is -2.48. The maximum absolute atomic E-state index is 12.5. The molecule has 0 fully saturated rings. The number of alkyl halides is 2. The predicted molar refractivity (Wildman–Crippen MR) is 64.9 cm³/mol. The summed E-state index contributed by atoms with van der Waals surface area (Å²) >= 11 is 0. The largest absolute Gasteiger partial charge is 0.324 e. The topological polar surface area (TPSA) is 71.8 Å². The predicted octanol–water partition coefficient (Wildman–Crippen LogP) is 1.73. The normalized spacial score (nSPS) is 11.1. The van der Waals surface area contributed by atoms with E-state index in [1.807, 2.05) is 6.07 Å². The zero-order valence-corrected chi connectivity index (χ0v) is 10.1. The van der Waals surface area contributed by atoms with Crippen molar-refractivity contribution >= 4 is 5.65 Å². The molecule has 0 aromatic carbocycles. The van der Waals surface area contributed by atoms with E-state index >= 15 is 0 Å². The monoisotopic (exact) mass is 274 g/mol. The molecule has 0 saturated carbocycles. The summed E-state index contributed by atoms with van der Waals surface area (Å²) in [6.45, 7) is -0.454. The van der Waals surface area contributed by atoms with Gasteiger partial charge >= 0.3 is 0 Å². The molecule has 0 N–H and O–H groups in total. The van der Waals surface area contributed by atoms with E-state index in [2.05, 4.69) is 15.1 Å². The highest BCUT2D eigenvalue weighted by Gasteiger charge is 2.12. The van der Waals surface area contributed by atoms with Crippen LogP contribution in [0.4, 0.5) is 8.78 Å². The first-order chi connectivity index (χ1) is 9.69. The summed E-state index contributed by atoms with van der Waals surface area (Å²) in [4.78, 5) is 7.88. The van der Waals surface area contributed by atoms with Crippen LogP contribution in [0.2, 0.25) is 0 Å². The van der Waals surface area contributed by atoms with Crippen LogP contribution in [0.5, 0.6) is 0 Å². The summed E-state index contributed by atoms with van der Waals surface area (Å²) in [5, 5.41) is 13.2. The fourth-order valence-corrected chi connectivity index (χ4v) is 1.91. The highest BCUT2D eigenvalue weighted by Crippen LogP contribution is 2.18. The smallest absolute Gasteiger partial charge is 0.256 e. The highest BCUT2D eigenvalue weighted by atomic mass is 19.3. The van der Waals surface area contributed by atoms with Crippen LogP contribution in [0.25, 0.3) is 17.0 Å². The quantitative estimate of drug-likeness (QED) is 0.729. The van der Waals surface area contributed by atoms with E-state index < -0.39 is 13.0 Å². The summed E-state index contributed by atoms with van der Waals surface area (Å²) in [5.74, 6) is 0. The van der Waals surface area contributed by atoms with Crippen LogP contribution in [-0.2, 0) is 6.54 Å². The lowest BCUT2D eigenvalue weighted by Crippen LogP contribution is -2.08. The summed E-state index contributed by atoms with van der Waals surface area (Å²) in [6, 6.07) is 5.29. The Kier molecular flexibility index (Phi) is 2.87. The summed E-state index contributed by atoms with van der Waals surface area (Å²) < 4.78 is 27.7. The number of nitriles is 1. The standard InChI is InChI=1S/C12H8F2N6/c13-11(14)6-19-7-16-5-10(19)9-1-2-12-17-4-8(3-15)20(12)18-9/h1-2,4-5,7,11H,6H2. The minimum absolute atomic E-state index is 0.279. The second kappa shape index (κ2) is 4.70. The van der Waals surface area contributed by atoms with Crippen LogP contribution in [-0.4, -0.2) is 30.6 Å². The molecule has 8 heteroatoms. The summed E-state index contributed by atoms with van der Waals surface area (Å²) in [5.41, 5.74) is 1.71. The number of fused-ring (bicyclic) bond motifs is 1. The fraction of sp³-hybridized carbons (Fsp3) is 0.167. The number of aromatic nitrogens is 5. The average molecular weight is 274 g/mol. The molecule has 3 rings (SSSR count).